The molecule has 5 rings (SSSR count). The zero-order chi connectivity index (χ0) is 25.5. The molecule has 0 atom stereocenters. The number of aromatic nitrogens is 4. The molecule has 1 aliphatic heterocycles. The van der Waals surface area contributed by atoms with Crippen LogP contribution in [0.5, 0.6) is 0 Å². The predicted octanol–water partition coefficient (Wildman–Crippen LogP) is 3.64. The summed E-state index contributed by atoms with van der Waals surface area (Å²) in [6, 6.07) is 12.0. The van der Waals surface area contributed by atoms with Gasteiger partial charge in [-0.25, -0.2) is 4.98 Å². The van der Waals surface area contributed by atoms with Gasteiger partial charge >= 0.3 is 0 Å². The van der Waals surface area contributed by atoms with Crippen LogP contribution in [0.15, 0.2) is 36.4 Å². The van der Waals surface area contributed by atoms with Crippen LogP contribution in [0.4, 0.5) is 23.3 Å². The third kappa shape index (κ3) is 7.74. The van der Waals surface area contributed by atoms with E-state index in [1.807, 2.05) is 43.3 Å². The summed E-state index contributed by atoms with van der Waals surface area (Å²) < 4.78 is 5.37. The molecule has 1 aliphatic carbocycles. The number of aromatic amines is 1. The Morgan fingerprint density at radius 3 is 2.70 bits per heavy atom. The van der Waals surface area contributed by atoms with Crippen molar-refractivity contribution >= 4 is 29.2 Å². The minimum atomic E-state index is 0.0962. The molecule has 1 saturated heterocycles. The minimum Gasteiger partial charge on any atom is -0.379 e. The van der Waals surface area contributed by atoms with Crippen LogP contribution in [0.1, 0.15) is 48.6 Å². The van der Waals surface area contributed by atoms with Crippen molar-refractivity contribution in [2.75, 3.05) is 50.0 Å². The van der Waals surface area contributed by atoms with Gasteiger partial charge in [-0.05, 0) is 56.8 Å². The van der Waals surface area contributed by atoms with Crippen molar-refractivity contribution in [3.8, 4) is 0 Å². The fourth-order valence-corrected chi connectivity index (χ4v) is 4.40. The first-order valence-corrected chi connectivity index (χ1v) is 13.2. The van der Waals surface area contributed by atoms with Crippen LogP contribution in [0, 0.1) is 6.92 Å². The van der Waals surface area contributed by atoms with Gasteiger partial charge in [0.15, 0.2) is 0 Å². The van der Waals surface area contributed by atoms with Crippen LogP contribution >= 0.6 is 0 Å². The maximum atomic E-state index is 12.2. The van der Waals surface area contributed by atoms with Gasteiger partial charge in [0.25, 0.3) is 0 Å². The van der Waals surface area contributed by atoms with E-state index in [9.17, 15) is 4.79 Å². The van der Waals surface area contributed by atoms with Crippen LogP contribution in [-0.2, 0) is 16.0 Å². The molecule has 196 valence electrons. The molecule has 2 fully saturated rings. The van der Waals surface area contributed by atoms with Gasteiger partial charge in [0.1, 0.15) is 11.6 Å². The number of nitrogens with one attached hydrogen (secondary N) is 4. The van der Waals surface area contributed by atoms with E-state index in [0.29, 0.717) is 37.1 Å². The highest BCUT2D eigenvalue weighted by Gasteiger charge is 2.26. The van der Waals surface area contributed by atoms with Crippen LogP contribution in [0.25, 0.3) is 0 Å². The number of anilines is 4. The molecule has 1 amide bonds. The molecular formula is C27H36N8O2. The molecule has 0 bridgehead atoms. The fourth-order valence-electron chi connectivity index (χ4n) is 4.40. The van der Waals surface area contributed by atoms with E-state index in [4.69, 9.17) is 4.74 Å². The molecule has 2 aromatic heterocycles. The molecule has 3 heterocycles. The monoisotopic (exact) mass is 504 g/mol. The number of hydrogen-bond donors (Lipinski definition) is 4. The number of carbonyl (C=O) groups is 1. The SMILES string of the molecule is Cc1cc(Nc2cc(C3CC3)n[nH]2)nc(Nc2ccc(CCC(=O)NCCCN3CCOCC3)cc2)n1. The molecule has 0 radical (unpaired) electrons. The summed E-state index contributed by atoms with van der Waals surface area (Å²) in [6.07, 6.45) is 4.58. The number of morpholine rings is 1. The standard InChI is InChI=1S/C27H36N8O2/c1-19-17-24(31-25-18-23(33-34-25)21-6-7-21)32-27(29-19)30-22-8-3-20(4-9-22)5-10-26(36)28-11-2-12-35-13-15-37-16-14-35/h3-4,8-9,17-18,21H,2,5-7,10-16H2,1H3,(H,28,36)(H3,29,30,31,32,33,34). The highest BCUT2D eigenvalue weighted by molar-refractivity contribution is 5.76. The molecule has 1 saturated carbocycles. The Balaban J connectivity index is 1.06. The fraction of sp³-hybridized carbons (Fsp3) is 0.481. The second-order valence-corrected chi connectivity index (χ2v) is 9.80. The highest BCUT2D eigenvalue weighted by atomic mass is 16.5. The number of carbonyl (C=O) groups excluding carboxylic acids is 1. The van der Waals surface area contributed by atoms with Crippen molar-refractivity contribution in [3.05, 3.63) is 53.3 Å². The zero-order valence-corrected chi connectivity index (χ0v) is 21.4. The van der Waals surface area contributed by atoms with Gasteiger partial charge in [-0.3, -0.25) is 14.8 Å². The van der Waals surface area contributed by atoms with E-state index in [1.165, 1.54) is 12.8 Å². The predicted molar refractivity (Wildman–Crippen MR) is 144 cm³/mol. The number of hydrogen-bond acceptors (Lipinski definition) is 8. The maximum absolute atomic E-state index is 12.2. The quantitative estimate of drug-likeness (QED) is 0.276. The van der Waals surface area contributed by atoms with E-state index in [2.05, 4.69) is 41.0 Å². The van der Waals surface area contributed by atoms with Gasteiger partial charge in [0.05, 0.1) is 18.9 Å². The van der Waals surface area contributed by atoms with Crippen molar-refractivity contribution in [1.82, 2.24) is 30.4 Å². The first-order chi connectivity index (χ1) is 18.1. The molecule has 10 heteroatoms. The third-order valence-corrected chi connectivity index (χ3v) is 6.64. The minimum absolute atomic E-state index is 0.0962. The Morgan fingerprint density at radius 1 is 1.11 bits per heavy atom. The van der Waals surface area contributed by atoms with E-state index in [0.717, 1.165) is 67.7 Å². The van der Waals surface area contributed by atoms with Gasteiger partial charge in [-0.1, -0.05) is 12.1 Å². The lowest BCUT2D eigenvalue weighted by atomic mass is 10.1. The van der Waals surface area contributed by atoms with E-state index >= 15 is 0 Å². The number of aryl methyl sites for hydroxylation is 2. The van der Waals surface area contributed by atoms with Crippen molar-refractivity contribution in [2.45, 2.75) is 44.9 Å². The Labute approximate surface area is 217 Å². The van der Waals surface area contributed by atoms with Gasteiger partial charge in [0, 0.05) is 55.5 Å². The van der Waals surface area contributed by atoms with Crippen LogP contribution < -0.4 is 16.0 Å². The van der Waals surface area contributed by atoms with Crippen molar-refractivity contribution < 1.29 is 9.53 Å². The normalized spacial score (nSPS) is 15.9. The Hall–Kier alpha value is -3.50. The first kappa shape index (κ1) is 25.2. The van der Waals surface area contributed by atoms with Crippen LogP contribution in [0.2, 0.25) is 0 Å². The maximum Gasteiger partial charge on any atom is 0.229 e. The average Bonchev–Trinajstić information content (AvgIpc) is 3.65. The summed E-state index contributed by atoms with van der Waals surface area (Å²) >= 11 is 0. The molecule has 0 spiro atoms. The third-order valence-electron chi connectivity index (χ3n) is 6.64. The van der Waals surface area contributed by atoms with Crippen molar-refractivity contribution in [2.24, 2.45) is 0 Å². The van der Waals surface area contributed by atoms with E-state index in [1.54, 1.807) is 0 Å². The first-order valence-electron chi connectivity index (χ1n) is 13.2. The number of nitrogens with zero attached hydrogens (tertiary/aromatic N) is 4. The van der Waals surface area contributed by atoms with Gasteiger partial charge < -0.3 is 20.7 Å². The summed E-state index contributed by atoms with van der Waals surface area (Å²) in [5.41, 5.74) is 3.97. The van der Waals surface area contributed by atoms with Crippen molar-refractivity contribution in [3.63, 3.8) is 0 Å². The molecule has 4 N–H and O–H groups in total. The largest absolute Gasteiger partial charge is 0.379 e. The summed E-state index contributed by atoms with van der Waals surface area (Å²) in [5.74, 6) is 2.75. The molecular weight excluding hydrogens is 468 g/mol. The summed E-state index contributed by atoms with van der Waals surface area (Å²) in [5, 5.41) is 17.0. The highest BCUT2D eigenvalue weighted by Crippen LogP contribution is 2.39. The van der Waals surface area contributed by atoms with Gasteiger partial charge in [0.2, 0.25) is 11.9 Å². The summed E-state index contributed by atoms with van der Waals surface area (Å²) in [4.78, 5) is 23.7. The summed E-state index contributed by atoms with van der Waals surface area (Å²) in [6.45, 7) is 7.25. The average molecular weight is 505 g/mol. The molecule has 0 unspecified atom stereocenters. The van der Waals surface area contributed by atoms with Crippen LogP contribution in [-0.4, -0.2) is 70.4 Å². The topological polar surface area (TPSA) is 120 Å². The Kier molecular flexibility index (Phi) is 8.27. The Morgan fingerprint density at radius 2 is 1.92 bits per heavy atom. The lowest BCUT2D eigenvalue weighted by molar-refractivity contribution is -0.121. The molecule has 37 heavy (non-hydrogen) atoms. The van der Waals surface area contributed by atoms with E-state index < -0.39 is 0 Å². The number of rotatable bonds is 12. The number of ether oxygens (including phenoxy) is 1. The lowest BCUT2D eigenvalue weighted by Gasteiger charge is -2.26. The van der Waals surface area contributed by atoms with Crippen molar-refractivity contribution in [1.29, 1.82) is 0 Å². The molecule has 3 aromatic rings. The lowest BCUT2D eigenvalue weighted by Crippen LogP contribution is -2.38. The molecule has 1 aromatic carbocycles. The number of benzene rings is 1. The zero-order valence-electron chi connectivity index (χ0n) is 21.4. The summed E-state index contributed by atoms with van der Waals surface area (Å²) in [7, 11) is 0. The second-order valence-electron chi connectivity index (χ2n) is 9.80. The second kappa shape index (κ2) is 12.2. The van der Waals surface area contributed by atoms with Gasteiger partial charge in [-0.15, -0.1) is 0 Å². The number of H-pyrrole nitrogens is 1. The molecule has 10 nitrogen and oxygen atoms in total. The number of amides is 1. The molecule has 2 aliphatic rings. The smallest absolute Gasteiger partial charge is 0.229 e. The van der Waals surface area contributed by atoms with Gasteiger partial charge in [-0.2, -0.15) is 10.1 Å². The Bertz CT molecular complexity index is 1170. The van der Waals surface area contributed by atoms with Crippen LogP contribution in [0.3, 0.4) is 0 Å². The van der Waals surface area contributed by atoms with E-state index in [-0.39, 0.29) is 5.91 Å².